The summed E-state index contributed by atoms with van der Waals surface area (Å²) >= 11 is 0. The first-order chi connectivity index (χ1) is 10.1. The lowest BCUT2D eigenvalue weighted by Gasteiger charge is -2.12. The summed E-state index contributed by atoms with van der Waals surface area (Å²) in [6, 6.07) is 11.1. The maximum atomic E-state index is 12.7. The van der Waals surface area contributed by atoms with Crippen LogP contribution in [0.3, 0.4) is 0 Å². The van der Waals surface area contributed by atoms with Crippen molar-refractivity contribution in [2.75, 3.05) is 14.2 Å². The van der Waals surface area contributed by atoms with Crippen LogP contribution in [0.4, 0.5) is 0 Å². The van der Waals surface area contributed by atoms with Crippen LogP contribution in [0.2, 0.25) is 0 Å². The summed E-state index contributed by atoms with van der Waals surface area (Å²) in [5.74, 6) is -1.05. The number of para-hydroxylation sites is 1. The van der Waals surface area contributed by atoms with E-state index in [2.05, 4.69) is 0 Å². The molecule has 0 aliphatic heterocycles. The third-order valence-electron chi connectivity index (χ3n) is 3.06. The fourth-order valence-corrected chi connectivity index (χ4v) is 2.08. The zero-order chi connectivity index (χ0) is 15.4. The second-order valence-corrected chi connectivity index (χ2v) is 4.22. The molecule has 0 spiro atoms. The van der Waals surface area contributed by atoms with Crippen molar-refractivity contribution in [3.8, 4) is 11.5 Å². The number of ether oxygens (including phenoxy) is 2. The van der Waals surface area contributed by atoms with E-state index in [1.54, 1.807) is 30.3 Å². The molecule has 0 aliphatic rings. The Morgan fingerprint density at radius 1 is 0.857 bits per heavy atom. The van der Waals surface area contributed by atoms with E-state index < -0.39 is 11.8 Å². The van der Waals surface area contributed by atoms with Crippen LogP contribution in [0, 0.1) is 0 Å². The molecule has 0 aliphatic carbocycles. The van der Waals surface area contributed by atoms with E-state index in [9.17, 15) is 14.7 Å². The molecule has 1 N–H and O–H groups in total. The van der Waals surface area contributed by atoms with Gasteiger partial charge in [-0.25, -0.2) is 4.79 Å². The number of carboxylic acids is 1. The Morgan fingerprint density at radius 3 is 2.05 bits per heavy atom. The molecule has 0 unspecified atom stereocenters. The molecule has 0 bridgehead atoms. The second-order valence-electron chi connectivity index (χ2n) is 4.22. The van der Waals surface area contributed by atoms with Gasteiger partial charge in [0.2, 0.25) is 5.78 Å². The molecule has 0 heterocycles. The minimum absolute atomic E-state index is 0.0111. The van der Waals surface area contributed by atoms with Gasteiger partial charge in [-0.1, -0.05) is 18.2 Å². The number of rotatable bonds is 5. The maximum absolute atomic E-state index is 12.7. The van der Waals surface area contributed by atoms with E-state index >= 15 is 0 Å². The normalized spacial score (nSPS) is 10.0. The van der Waals surface area contributed by atoms with Gasteiger partial charge in [-0.3, -0.25) is 4.79 Å². The van der Waals surface area contributed by atoms with Crippen molar-refractivity contribution in [1.82, 2.24) is 0 Å². The number of carbonyl (C=O) groups is 2. The van der Waals surface area contributed by atoms with Crippen LogP contribution in [-0.2, 0) is 0 Å². The number of carboxylic acid groups (broad SMARTS) is 1. The smallest absolute Gasteiger partial charge is 0.336 e. The molecule has 0 saturated carbocycles. The number of benzene rings is 2. The Hall–Kier alpha value is -2.82. The van der Waals surface area contributed by atoms with Gasteiger partial charge in [0.25, 0.3) is 0 Å². The number of carbonyl (C=O) groups excluding carboxylic acids is 1. The summed E-state index contributed by atoms with van der Waals surface area (Å²) in [5, 5.41) is 9.27. The molecule has 0 fully saturated rings. The van der Waals surface area contributed by atoms with E-state index in [4.69, 9.17) is 9.47 Å². The summed E-state index contributed by atoms with van der Waals surface area (Å²) in [7, 11) is 2.84. The first-order valence-electron chi connectivity index (χ1n) is 6.18. The lowest BCUT2D eigenvalue weighted by molar-refractivity contribution is 0.0692. The predicted molar refractivity (Wildman–Crippen MR) is 76.4 cm³/mol. The highest BCUT2D eigenvalue weighted by Gasteiger charge is 2.24. The van der Waals surface area contributed by atoms with Gasteiger partial charge >= 0.3 is 5.97 Å². The van der Waals surface area contributed by atoms with Crippen LogP contribution in [0.1, 0.15) is 26.3 Å². The molecule has 2 rings (SSSR count). The minimum Gasteiger partial charge on any atom is -0.496 e. The summed E-state index contributed by atoms with van der Waals surface area (Å²) in [6.07, 6.45) is 0. The van der Waals surface area contributed by atoms with E-state index in [0.717, 1.165) is 0 Å². The highest BCUT2D eigenvalue weighted by molar-refractivity contribution is 6.17. The SMILES string of the molecule is COc1ccccc1C(=O)c1c(OC)cccc1C(=O)O. The molecule has 0 radical (unpaired) electrons. The van der Waals surface area contributed by atoms with Crippen molar-refractivity contribution in [2.45, 2.75) is 0 Å². The first-order valence-corrected chi connectivity index (χ1v) is 6.18. The molecule has 0 atom stereocenters. The monoisotopic (exact) mass is 286 g/mol. The van der Waals surface area contributed by atoms with Crippen LogP contribution in [0.5, 0.6) is 11.5 Å². The zero-order valence-electron chi connectivity index (χ0n) is 11.6. The van der Waals surface area contributed by atoms with Crippen molar-refractivity contribution in [3.63, 3.8) is 0 Å². The summed E-state index contributed by atoms with van der Waals surface area (Å²) < 4.78 is 10.3. The van der Waals surface area contributed by atoms with E-state index in [1.807, 2.05) is 0 Å². The number of ketones is 1. The summed E-state index contributed by atoms with van der Waals surface area (Å²) in [4.78, 5) is 24.0. The van der Waals surface area contributed by atoms with Crippen molar-refractivity contribution in [1.29, 1.82) is 0 Å². The molecule has 0 amide bonds. The molecule has 0 aromatic heterocycles. The van der Waals surface area contributed by atoms with Crippen LogP contribution >= 0.6 is 0 Å². The summed E-state index contributed by atoms with van der Waals surface area (Å²) in [5.41, 5.74) is 0.189. The van der Waals surface area contributed by atoms with Crippen LogP contribution in [0.15, 0.2) is 42.5 Å². The first kappa shape index (κ1) is 14.6. The van der Waals surface area contributed by atoms with Crippen LogP contribution in [-0.4, -0.2) is 31.1 Å². The van der Waals surface area contributed by atoms with Crippen LogP contribution < -0.4 is 9.47 Å². The van der Waals surface area contributed by atoms with Gasteiger partial charge in [0.05, 0.1) is 30.9 Å². The standard InChI is InChI=1S/C16H14O5/c1-20-12-8-4-3-6-10(12)15(17)14-11(16(18)19)7-5-9-13(14)21-2/h3-9H,1-2H3,(H,18,19). The van der Waals surface area contributed by atoms with Gasteiger partial charge in [-0.15, -0.1) is 0 Å². The number of hydrogen-bond donors (Lipinski definition) is 1. The van der Waals surface area contributed by atoms with Crippen LogP contribution in [0.25, 0.3) is 0 Å². The number of methoxy groups -OCH3 is 2. The highest BCUT2D eigenvalue weighted by Crippen LogP contribution is 2.29. The molecule has 0 saturated heterocycles. The average Bonchev–Trinajstić information content (AvgIpc) is 2.53. The number of aromatic carboxylic acids is 1. The van der Waals surface area contributed by atoms with Gasteiger partial charge in [-0.05, 0) is 24.3 Å². The summed E-state index contributed by atoms with van der Waals surface area (Å²) in [6.45, 7) is 0. The van der Waals surface area contributed by atoms with E-state index in [1.165, 1.54) is 26.4 Å². The van der Waals surface area contributed by atoms with E-state index in [-0.39, 0.29) is 22.4 Å². The Bertz CT molecular complexity index is 691. The molecule has 5 heteroatoms. The Kier molecular flexibility index (Phi) is 4.23. The molecule has 5 nitrogen and oxygen atoms in total. The van der Waals surface area contributed by atoms with Gasteiger partial charge in [0.15, 0.2) is 0 Å². The lowest BCUT2D eigenvalue weighted by Crippen LogP contribution is -2.12. The Balaban J connectivity index is 2.65. The quantitative estimate of drug-likeness (QED) is 0.855. The Labute approximate surface area is 121 Å². The topological polar surface area (TPSA) is 72.8 Å². The van der Waals surface area contributed by atoms with E-state index in [0.29, 0.717) is 5.75 Å². The van der Waals surface area contributed by atoms with Gasteiger partial charge in [0, 0.05) is 0 Å². The van der Waals surface area contributed by atoms with Crippen molar-refractivity contribution >= 4 is 11.8 Å². The largest absolute Gasteiger partial charge is 0.496 e. The third kappa shape index (κ3) is 2.72. The third-order valence-corrected chi connectivity index (χ3v) is 3.06. The number of hydrogen-bond acceptors (Lipinski definition) is 4. The average molecular weight is 286 g/mol. The molecular formula is C16H14O5. The molecule has 108 valence electrons. The molecule has 21 heavy (non-hydrogen) atoms. The maximum Gasteiger partial charge on any atom is 0.336 e. The fraction of sp³-hybridized carbons (Fsp3) is 0.125. The molecule has 2 aromatic carbocycles. The zero-order valence-corrected chi connectivity index (χ0v) is 11.6. The fourth-order valence-electron chi connectivity index (χ4n) is 2.08. The van der Waals surface area contributed by atoms with Gasteiger partial charge in [0.1, 0.15) is 11.5 Å². The van der Waals surface area contributed by atoms with Gasteiger partial charge in [-0.2, -0.15) is 0 Å². The van der Waals surface area contributed by atoms with Crippen molar-refractivity contribution < 1.29 is 24.2 Å². The molecule has 2 aromatic rings. The lowest BCUT2D eigenvalue weighted by atomic mass is 9.96. The van der Waals surface area contributed by atoms with Crippen molar-refractivity contribution in [2.24, 2.45) is 0 Å². The Morgan fingerprint density at radius 2 is 1.43 bits per heavy atom. The van der Waals surface area contributed by atoms with Crippen molar-refractivity contribution in [3.05, 3.63) is 59.2 Å². The highest BCUT2D eigenvalue weighted by atomic mass is 16.5. The predicted octanol–water partition coefficient (Wildman–Crippen LogP) is 2.63. The van der Waals surface area contributed by atoms with Gasteiger partial charge < -0.3 is 14.6 Å². The minimum atomic E-state index is -1.19. The second kappa shape index (κ2) is 6.09. The molecular weight excluding hydrogens is 272 g/mol.